The van der Waals surface area contributed by atoms with Crippen LogP contribution in [0, 0.1) is 0 Å². The lowest BCUT2D eigenvalue weighted by atomic mass is 10.0. The van der Waals surface area contributed by atoms with Gasteiger partial charge in [-0.1, -0.05) is 6.92 Å². The molecule has 0 aromatic carbocycles. The highest BCUT2D eigenvalue weighted by molar-refractivity contribution is 5.09. The lowest BCUT2D eigenvalue weighted by molar-refractivity contribution is 0.193. The van der Waals surface area contributed by atoms with Crippen LogP contribution in [0.4, 0.5) is 0 Å². The summed E-state index contributed by atoms with van der Waals surface area (Å²) in [5.74, 6) is 3.02. The Labute approximate surface area is 109 Å². The second-order valence-electron chi connectivity index (χ2n) is 6.10. The highest BCUT2D eigenvalue weighted by Gasteiger charge is 2.33. The number of fused-ring (bicyclic) bond motifs is 1. The monoisotopic (exact) mass is 248 g/mol. The third kappa shape index (κ3) is 1.87. The molecular formula is C14H24N4. The Hall–Kier alpha value is -0.900. The van der Waals surface area contributed by atoms with Crippen molar-refractivity contribution in [2.45, 2.75) is 71.0 Å². The van der Waals surface area contributed by atoms with Crippen LogP contribution in [0.5, 0.6) is 0 Å². The predicted molar refractivity (Wildman–Crippen MR) is 71.5 cm³/mol. The molecular weight excluding hydrogens is 224 g/mol. The number of nitrogens with zero attached hydrogens (tertiary/aromatic N) is 4. The Bertz CT molecular complexity index is 423. The summed E-state index contributed by atoms with van der Waals surface area (Å²) in [6.45, 7) is 9.17. The maximum absolute atomic E-state index is 4.53. The van der Waals surface area contributed by atoms with E-state index in [1.165, 1.54) is 43.9 Å². The standard InChI is InChI=1S/C14H24N4/c1-10(2)17-8-5-7-12(17)14-16-15-13-11(3)6-4-9-18(13)14/h10-12H,4-9H2,1-3H3. The molecule has 0 aliphatic carbocycles. The van der Waals surface area contributed by atoms with Crippen LogP contribution in [0.2, 0.25) is 0 Å². The topological polar surface area (TPSA) is 34.0 Å². The predicted octanol–water partition coefficient (Wildman–Crippen LogP) is 2.72. The van der Waals surface area contributed by atoms with Gasteiger partial charge in [0, 0.05) is 18.5 Å². The van der Waals surface area contributed by atoms with E-state index < -0.39 is 0 Å². The van der Waals surface area contributed by atoms with E-state index in [4.69, 9.17) is 0 Å². The van der Waals surface area contributed by atoms with Crippen molar-refractivity contribution >= 4 is 0 Å². The molecule has 0 radical (unpaired) electrons. The zero-order valence-corrected chi connectivity index (χ0v) is 11.8. The summed E-state index contributed by atoms with van der Waals surface area (Å²) in [7, 11) is 0. The van der Waals surface area contributed by atoms with Crippen molar-refractivity contribution in [2.75, 3.05) is 6.54 Å². The maximum atomic E-state index is 4.53. The first-order valence-corrected chi connectivity index (χ1v) is 7.37. The lowest BCUT2D eigenvalue weighted by Crippen LogP contribution is -2.32. The van der Waals surface area contributed by atoms with Crippen LogP contribution >= 0.6 is 0 Å². The van der Waals surface area contributed by atoms with Crippen LogP contribution in [0.25, 0.3) is 0 Å². The summed E-state index contributed by atoms with van der Waals surface area (Å²) in [5.41, 5.74) is 0. The molecule has 2 aliphatic rings. The van der Waals surface area contributed by atoms with Gasteiger partial charge in [-0.3, -0.25) is 4.90 Å². The third-order valence-electron chi connectivity index (χ3n) is 4.52. The molecule has 1 aromatic rings. The van der Waals surface area contributed by atoms with Crippen molar-refractivity contribution in [3.63, 3.8) is 0 Å². The van der Waals surface area contributed by atoms with Crippen molar-refractivity contribution in [1.29, 1.82) is 0 Å². The van der Waals surface area contributed by atoms with E-state index in [-0.39, 0.29) is 0 Å². The first-order chi connectivity index (χ1) is 8.68. The second kappa shape index (κ2) is 4.65. The number of hydrogen-bond donors (Lipinski definition) is 0. The van der Waals surface area contributed by atoms with Gasteiger partial charge in [-0.2, -0.15) is 0 Å². The number of hydrogen-bond acceptors (Lipinski definition) is 3. The van der Waals surface area contributed by atoms with Gasteiger partial charge in [-0.05, 0) is 46.1 Å². The molecule has 18 heavy (non-hydrogen) atoms. The summed E-state index contributed by atoms with van der Waals surface area (Å²) in [6, 6.07) is 1.10. The van der Waals surface area contributed by atoms with Gasteiger partial charge in [-0.15, -0.1) is 10.2 Å². The minimum Gasteiger partial charge on any atom is -0.313 e. The highest BCUT2D eigenvalue weighted by atomic mass is 15.3. The summed E-state index contributed by atoms with van der Waals surface area (Å²) in [4.78, 5) is 2.58. The molecule has 4 nitrogen and oxygen atoms in total. The smallest absolute Gasteiger partial charge is 0.150 e. The molecule has 1 aromatic heterocycles. The highest BCUT2D eigenvalue weighted by Crippen LogP contribution is 2.35. The summed E-state index contributed by atoms with van der Waals surface area (Å²) in [6.07, 6.45) is 5.07. The Morgan fingerprint density at radius 1 is 1.06 bits per heavy atom. The molecule has 1 saturated heterocycles. The zero-order valence-electron chi connectivity index (χ0n) is 11.8. The Morgan fingerprint density at radius 2 is 1.78 bits per heavy atom. The van der Waals surface area contributed by atoms with Crippen LogP contribution in [-0.4, -0.2) is 32.3 Å². The van der Waals surface area contributed by atoms with Crippen LogP contribution < -0.4 is 0 Å². The van der Waals surface area contributed by atoms with Crippen molar-refractivity contribution < 1.29 is 0 Å². The van der Waals surface area contributed by atoms with Crippen molar-refractivity contribution in [3.05, 3.63) is 11.6 Å². The van der Waals surface area contributed by atoms with Gasteiger partial charge in [0.15, 0.2) is 0 Å². The van der Waals surface area contributed by atoms with Crippen LogP contribution in [0.15, 0.2) is 0 Å². The van der Waals surface area contributed by atoms with Crippen LogP contribution in [0.1, 0.15) is 70.1 Å². The van der Waals surface area contributed by atoms with Gasteiger partial charge < -0.3 is 4.57 Å². The van der Waals surface area contributed by atoms with E-state index >= 15 is 0 Å². The molecule has 2 atom stereocenters. The second-order valence-corrected chi connectivity index (χ2v) is 6.10. The van der Waals surface area contributed by atoms with Crippen LogP contribution in [0.3, 0.4) is 0 Å². The summed E-state index contributed by atoms with van der Waals surface area (Å²) < 4.78 is 2.40. The van der Waals surface area contributed by atoms with E-state index in [9.17, 15) is 0 Å². The molecule has 3 rings (SSSR count). The molecule has 2 aliphatic heterocycles. The molecule has 1 fully saturated rings. The molecule has 0 saturated carbocycles. The number of likely N-dealkylation sites (tertiary alicyclic amines) is 1. The molecule has 2 unspecified atom stereocenters. The first kappa shape index (κ1) is 12.2. The van der Waals surface area contributed by atoms with Gasteiger partial charge >= 0.3 is 0 Å². The van der Waals surface area contributed by atoms with Gasteiger partial charge in [0.2, 0.25) is 0 Å². The fraction of sp³-hybridized carbons (Fsp3) is 0.857. The van der Waals surface area contributed by atoms with Crippen LogP contribution in [-0.2, 0) is 6.54 Å². The van der Waals surface area contributed by atoms with Gasteiger partial charge in [0.25, 0.3) is 0 Å². The molecule has 0 amide bonds. The van der Waals surface area contributed by atoms with E-state index in [0.29, 0.717) is 18.0 Å². The number of aromatic nitrogens is 3. The van der Waals surface area contributed by atoms with E-state index in [1.54, 1.807) is 0 Å². The minimum absolute atomic E-state index is 0.497. The zero-order chi connectivity index (χ0) is 12.7. The number of rotatable bonds is 2. The van der Waals surface area contributed by atoms with Crippen molar-refractivity contribution in [1.82, 2.24) is 19.7 Å². The lowest BCUT2D eigenvalue weighted by Gasteiger charge is -2.29. The van der Waals surface area contributed by atoms with Gasteiger partial charge in [-0.25, -0.2) is 0 Å². The molecule has 3 heterocycles. The molecule has 0 spiro atoms. The van der Waals surface area contributed by atoms with Crippen molar-refractivity contribution in [3.8, 4) is 0 Å². The molecule has 4 heteroatoms. The molecule has 100 valence electrons. The average molecular weight is 248 g/mol. The fourth-order valence-corrected chi connectivity index (χ4v) is 3.54. The Morgan fingerprint density at radius 3 is 2.56 bits per heavy atom. The van der Waals surface area contributed by atoms with Crippen molar-refractivity contribution in [2.24, 2.45) is 0 Å². The quantitative estimate of drug-likeness (QED) is 0.807. The fourth-order valence-electron chi connectivity index (χ4n) is 3.54. The minimum atomic E-state index is 0.497. The van der Waals surface area contributed by atoms with E-state index in [2.05, 4.69) is 40.4 Å². The average Bonchev–Trinajstić information content (AvgIpc) is 2.94. The van der Waals surface area contributed by atoms with Gasteiger partial charge in [0.05, 0.1) is 6.04 Å². The van der Waals surface area contributed by atoms with E-state index in [1.807, 2.05) is 0 Å². The van der Waals surface area contributed by atoms with E-state index in [0.717, 1.165) is 6.54 Å². The van der Waals surface area contributed by atoms with Gasteiger partial charge in [0.1, 0.15) is 11.6 Å². The summed E-state index contributed by atoms with van der Waals surface area (Å²) >= 11 is 0. The normalized spacial score (nSPS) is 28.9. The molecule has 0 bridgehead atoms. The first-order valence-electron chi connectivity index (χ1n) is 7.37. The Kier molecular flexibility index (Phi) is 3.14. The largest absolute Gasteiger partial charge is 0.313 e. The summed E-state index contributed by atoms with van der Waals surface area (Å²) in [5, 5.41) is 9.00. The third-order valence-corrected chi connectivity index (χ3v) is 4.52. The Balaban J connectivity index is 1.93. The SMILES string of the molecule is CC1CCCn2c1nnc2C1CCCN1C(C)C. The molecule has 0 N–H and O–H groups in total. The maximum Gasteiger partial charge on any atom is 0.150 e.